The number of carbonyl (C=O) groups excluding carboxylic acids is 1. The molecule has 3 nitrogen and oxygen atoms in total. The molecule has 3 aliphatic carbocycles. The average Bonchev–Trinajstić information content (AvgIpc) is 2.85. The van der Waals surface area contributed by atoms with E-state index in [1.54, 1.807) is 0 Å². The summed E-state index contributed by atoms with van der Waals surface area (Å²) < 4.78 is 6.11. The lowest BCUT2D eigenvalue weighted by molar-refractivity contribution is -0.164. The van der Waals surface area contributed by atoms with Gasteiger partial charge in [0.15, 0.2) is 0 Å². The van der Waals surface area contributed by atoms with Gasteiger partial charge in [-0.15, -0.1) is 0 Å². The smallest absolute Gasteiger partial charge is 0.330 e. The first-order valence-electron chi connectivity index (χ1n) is 11.9. The van der Waals surface area contributed by atoms with Crippen LogP contribution in [-0.2, 0) is 9.53 Å². The summed E-state index contributed by atoms with van der Waals surface area (Å²) >= 11 is 0. The van der Waals surface area contributed by atoms with Crippen molar-refractivity contribution in [1.82, 2.24) is 4.90 Å². The topological polar surface area (TPSA) is 29.5 Å². The fourth-order valence-corrected chi connectivity index (χ4v) is 6.80. The second-order valence-corrected chi connectivity index (χ2v) is 9.68. The Morgan fingerprint density at radius 1 is 0.871 bits per heavy atom. The number of hydrogen-bond acceptors (Lipinski definition) is 3. The molecule has 2 aromatic rings. The monoisotopic (exact) mass is 415 g/mol. The van der Waals surface area contributed by atoms with Crippen molar-refractivity contribution < 1.29 is 9.53 Å². The molecule has 31 heavy (non-hydrogen) atoms. The predicted octanol–water partition coefficient (Wildman–Crippen LogP) is 5.69. The van der Waals surface area contributed by atoms with E-state index >= 15 is 0 Å². The normalized spacial score (nSPS) is 33.0. The molecular weight excluding hydrogens is 382 g/mol. The Morgan fingerprint density at radius 3 is 1.94 bits per heavy atom. The van der Waals surface area contributed by atoms with Crippen molar-refractivity contribution in [3.8, 4) is 0 Å². The number of fused-ring (bicyclic) bond motifs is 3. The summed E-state index contributed by atoms with van der Waals surface area (Å²) in [7, 11) is 0. The summed E-state index contributed by atoms with van der Waals surface area (Å²) in [5.41, 5.74) is 2.85. The summed E-state index contributed by atoms with van der Waals surface area (Å²) in [5, 5.41) is 0. The van der Waals surface area contributed by atoms with Crippen molar-refractivity contribution >= 4 is 5.97 Å². The van der Waals surface area contributed by atoms with E-state index in [1.165, 1.54) is 36.5 Å². The van der Waals surface area contributed by atoms with Crippen LogP contribution in [0, 0.1) is 5.92 Å². The molecule has 0 spiro atoms. The molecule has 162 valence electrons. The molecule has 3 heteroatoms. The maximum Gasteiger partial charge on any atom is 0.330 e. The van der Waals surface area contributed by atoms with Crippen molar-refractivity contribution in [3.05, 3.63) is 84.4 Å². The zero-order valence-corrected chi connectivity index (χ0v) is 18.3. The van der Waals surface area contributed by atoms with Gasteiger partial charge in [-0.1, -0.05) is 73.7 Å². The van der Waals surface area contributed by atoms with E-state index in [1.807, 2.05) is 0 Å². The van der Waals surface area contributed by atoms with Crippen LogP contribution in [0.15, 0.2) is 73.3 Å². The van der Waals surface area contributed by atoms with Gasteiger partial charge in [0.25, 0.3) is 0 Å². The number of carbonyl (C=O) groups is 1. The molecule has 0 aromatic heterocycles. The summed E-state index contributed by atoms with van der Waals surface area (Å²) in [6.45, 7) is 5.99. The number of esters is 1. The highest BCUT2D eigenvalue weighted by atomic mass is 16.5. The molecule has 0 radical (unpaired) electrons. The van der Waals surface area contributed by atoms with Gasteiger partial charge >= 0.3 is 5.97 Å². The van der Waals surface area contributed by atoms with Crippen molar-refractivity contribution in [2.24, 2.45) is 5.92 Å². The van der Waals surface area contributed by atoms with Gasteiger partial charge in [-0.25, -0.2) is 4.79 Å². The Morgan fingerprint density at radius 2 is 1.42 bits per heavy atom. The standard InChI is InChI=1S/C28H33NO2/c1-2-26(30)31-25-20-28(29-16-10-5-11-17-29)18-23(21-12-6-3-7-13-21)27(25)24(19-28)22-14-8-4-9-15-22/h2-4,6-9,12-15,23-25,27H,1,5,10-11,16-20H2/t23-,24-,25-,27?,28?/m0/s1. The Labute approximate surface area is 186 Å². The molecule has 3 saturated carbocycles. The van der Waals surface area contributed by atoms with E-state index in [0.717, 1.165) is 32.4 Å². The molecule has 4 aliphatic rings. The Hall–Kier alpha value is -2.39. The summed E-state index contributed by atoms with van der Waals surface area (Å²) in [5.74, 6) is 0.780. The van der Waals surface area contributed by atoms with E-state index < -0.39 is 0 Å². The molecule has 0 unspecified atom stereocenters. The number of rotatable bonds is 5. The second kappa shape index (κ2) is 8.63. The number of hydrogen-bond donors (Lipinski definition) is 0. The zero-order valence-electron chi connectivity index (χ0n) is 18.3. The summed E-state index contributed by atoms with van der Waals surface area (Å²) in [6, 6.07) is 21.8. The van der Waals surface area contributed by atoms with Crippen LogP contribution in [0.4, 0.5) is 0 Å². The van der Waals surface area contributed by atoms with Crippen LogP contribution in [0.3, 0.4) is 0 Å². The molecule has 1 heterocycles. The third-order valence-corrected chi connectivity index (χ3v) is 8.06. The van der Waals surface area contributed by atoms with Crippen LogP contribution in [0.25, 0.3) is 0 Å². The maximum absolute atomic E-state index is 12.4. The van der Waals surface area contributed by atoms with Gasteiger partial charge in [0.05, 0.1) is 0 Å². The predicted molar refractivity (Wildman–Crippen MR) is 124 cm³/mol. The van der Waals surface area contributed by atoms with Gasteiger partial charge < -0.3 is 4.74 Å². The fraction of sp³-hybridized carbons (Fsp3) is 0.464. The van der Waals surface area contributed by atoms with Crippen LogP contribution < -0.4 is 0 Å². The third kappa shape index (κ3) is 3.85. The first-order chi connectivity index (χ1) is 15.2. The zero-order chi connectivity index (χ0) is 21.3. The first-order valence-corrected chi connectivity index (χ1v) is 11.9. The van der Waals surface area contributed by atoms with Crippen molar-refractivity contribution in [2.75, 3.05) is 13.1 Å². The highest BCUT2D eigenvalue weighted by Crippen LogP contribution is 2.60. The van der Waals surface area contributed by atoms with Gasteiger partial charge in [0.2, 0.25) is 0 Å². The molecule has 6 rings (SSSR count). The van der Waals surface area contributed by atoms with Crippen LogP contribution in [0.5, 0.6) is 0 Å². The summed E-state index contributed by atoms with van der Waals surface area (Å²) in [6.07, 6.45) is 8.39. The van der Waals surface area contributed by atoms with E-state index in [2.05, 4.69) is 72.1 Å². The van der Waals surface area contributed by atoms with E-state index in [-0.39, 0.29) is 17.6 Å². The Balaban J connectivity index is 1.61. The van der Waals surface area contributed by atoms with Crippen LogP contribution in [-0.4, -0.2) is 35.6 Å². The largest absolute Gasteiger partial charge is 0.459 e. The van der Waals surface area contributed by atoms with Gasteiger partial charge in [-0.2, -0.15) is 0 Å². The molecule has 1 aliphatic heterocycles. The number of likely N-dealkylation sites (tertiary alicyclic amines) is 1. The average molecular weight is 416 g/mol. The fourth-order valence-electron chi connectivity index (χ4n) is 6.80. The van der Waals surface area contributed by atoms with E-state index in [4.69, 9.17) is 4.74 Å². The number of nitrogens with zero attached hydrogens (tertiary/aromatic N) is 1. The number of piperidine rings is 1. The molecule has 3 atom stereocenters. The second-order valence-electron chi connectivity index (χ2n) is 9.68. The minimum Gasteiger partial charge on any atom is -0.459 e. The van der Waals surface area contributed by atoms with Crippen LogP contribution in [0.2, 0.25) is 0 Å². The quantitative estimate of drug-likeness (QED) is 0.464. The Kier molecular flexibility index (Phi) is 5.71. The van der Waals surface area contributed by atoms with Crippen molar-refractivity contribution in [3.63, 3.8) is 0 Å². The van der Waals surface area contributed by atoms with Crippen molar-refractivity contribution in [2.45, 2.75) is 62.0 Å². The minimum absolute atomic E-state index is 0.0784. The highest BCUT2D eigenvalue weighted by molar-refractivity contribution is 5.81. The van der Waals surface area contributed by atoms with E-state index in [0.29, 0.717) is 17.8 Å². The highest BCUT2D eigenvalue weighted by Gasteiger charge is 2.59. The van der Waals surface area contributed by atoms with Gasteiger partial charge in [-0.3, -0.25) is 4.90 Å². The minimum atomic E-state index is -0.287. The van der Waals surface area contributed by atoms with Gasteiger partial charge in [0, 0.05) is 24.0 Å². The molecule has 2 bridgehead atoms. The maximum atomic E-state index is 12.4. The Bertz CT molecular complexity index is 854. The number of benzene rings is 2. The molecule has 0 amide bonds. The molecule has 2 aromatic carbocycles. The number of ether oxygens (including phenoxy) is 1. The third-order valence-electron chi connectivity index (χ3n) is 8.06. The SMILES string of the molecule is C=CC(=O)O[C@H]1CC2(N3CCCCC3)C[C@@H](c3ccccc3)C1[C@H](c1ccccc1)C2. The summed E-state index contributed by atoms with van der Waals surface area (Å²) in [4.78, 5) is 15.1. The lowest BCUT2D eigenvalue weighted by Gasteiger charge is -2.62. The molecular formula is C28H33NO2. The van der Waals surface area contributed by atoms with Crippen LogP contribution in [0.1, 0.15) is 61.5 Å². The lowest BCUT2D eigenvalue weighted by Crippen LogP contribution is -2.64. The van der Waals surface area contributed by atoms with Crippen molar-refractivity contribution in [1.29, 1.82) is 0 Å². The molecule has 0 N–H and O–H groups in total. The molecule has 4 fully saturated rings. The van der Waals surface area contributed by atoms with Gasteiger partial charge in [-0.05, 0) is 61.7 Å². The van der Waals surface area contributed by atoms with E-state index in [9.17, 15) is 4.79 Å². The van der Waals surface area contributed by atoms with Gasteiger partial charge in [0.1, 0.15) is 6.10 Å². The van der Waals surface area contributed by atoms with Crippen LogP contribution >= 0.6 is 0 Å². The first kappa shape index (κ1) is 20.5. The lowest BCUT2D eigenvalue weighted by atomic mass is 9.51. The molecule has 1 saturated heterocycles.